The molecule has 1 saturated heterocycles. The van der Waals surface area contributed by atoms with Crippen LogP contribution in [0, 0.1) is 0 Å². The molecule has 6 nitrogen and oxygen atoms in total. The van der Waals surface area contributed by atoms with E-state index >= 15 is 0 Å². The van der Waals surface area contributed by atoms with E-state index in [1.165, 1.54) is 34.3 Å². The first-order chi connectivity index (χ1) is 13.8. The number of rotatable bonds is 7. The van der Waals surface area contributed by atoms with Gasteiger partial charge in [-0.05, 0) is 36.4 Å². The zero-order chi connectivity index (χ0) is 20.9. The Hall–Kier alpha value is -1.82. The molecule has 2 heterocycles. The molecule has 0 radical (unpaired) electrons. The Balaban J connectivity index is 1.48. The third-order valence-corrected chi connectivity index (χ3v) is 6.92. The number of sulfonamides is 1. The van der Waals surface area contributed by atoms with Crippen LogP contribution in [0.15, 0.2) is 52.5 Å². The second-order valence-corrected chi connectivity index (χ2v) is 9.12. The van der Waals surface area contributed by atoms with Crippen LogP contribution in [0.25, 0.3) is 0 Å². The number of hydrogen-bond donors (Lipinski definition) is 0. The van der Waals surface area contributed by atoms with Crippen molar-refractivity contribution in [2.24, 2.45) is 0 Å². The summed E-state index contributed by atoms with van der Waals surface area (Å²) in [6.07, 6.45) is -3.60. The summed E-state index contributed by atoms with van der Waals surface area (Å²) in [5.41, 5.74) is -0.787. The normalized spacial score (nSPS) is 16.0. The Bertz CT molecular complexity index is 898. The number of nitrogens with zero attached hydrogens (tertiary/aromatic N) is 2. The van der Waals surface area contributed by atoms with Crippen LogP contribution in [-0.2, 0) is 20.9 Å². The van der Waals surface area contributed by atoms with Gasteiger partial charge in [-0.3, -0.25) is 0 Å². The van der Waals surface area contributed by atoms with Gasteiger partial charge in [-0.15, -0.1) is 11.8 Å². The number of pyridine rings is 1. The molecule has 0 bridgehead atoms. The molecule has 158 valence electrons. The molecule has 0 unspecified atom stereocenters. The molecule has 1 fully saturated rings. The van der Waals surface area contributed by atoms with E-state index in [0.29, 0.717) is 49.4 Å². The summed E-state index contributed by atoms with van der Waals surface area (Å²) in [6.45, 7) is 1.71. The maximum Gasteiger partial charge on any atom is 0.417 e. The molecule has 1 aliphatic rings. The molecule has 1 aromatic carbocycles. The highest BCUT2D eigenvalue weighted by atomic mass is 32.2. The quantitative estimate of drug-likeness (QED) is 0.478. The van der Waals surface area contributed by atoms with Gasteiger partial charge in [0.1, 0.15) is 5.75 Å². The van der Waals surface area contributed by atoms with Gasteiger partial charge in [0.25, 0.3) is 0 Å². The topological polar surface area (TPSA) is 68.7 Å². The summed E-state index contributed by atoms with van der Waals surface area (Å²) < 4.78 is 74.8. The van der Waals surface area contributed by atoms with Crippen molar-refractivity contribution in [3.8, 4) is 5.75 Å². The number of halogens is 3. The second-order valence-electron chi connectivity index (χ2n) is 6.07. The van der Waals surface area contributed by atoms with Gasteiger partial charge >= 0.3 is 6.18 Å². The van der Waals surface area contributed by atoms with Crippen molar-refractivity contribution >= 4 is 21.8 Å². The highest BCUT2D eigenvalue weighted by molar-refractivity contribution is 7.99. The lowest BCUT2D eigenvalue weighted by Gasteiger charge is -2.26. The van der Waals surface area contributed by atoms with Crippen molar-refractivity contribution in [3.05, 3.63) is 48.2 Å². The van der Waals surface area contributed by atoms with Crippen LogP contribution in [0.1, 0.15) is 5.56 Å². The Morgan fingerprint density at radius 1 is 1.10 bits per heavy atom. The Morgan fingerprint density at radius 2 is 1.79 bits per heavy atom. The molecule has 0 spiro atoms. The minimum atomic E-state index is -4.40. The van der Waals surface area contributed by atoms with Crippen molar-refractivity contribution in [3.63, 3.8) is 0 Å². The first kappa shape index (κ1) is 21.9. The Labute approximate surface area is 171 Å². The number of ether oxygens (including phenoxy) is 2. The molecular weight excluding hydrogens is 429 g/mol. The van der Waals surface area contributed by atoms with Crippen LogP contribution < -0.4 is 4.74 Å². The number of hydrogen-bond acceptors (Lipinski definition) is 6. The van der Waals surface area contributed by atoms with Crippen molar-refractivity contribution in [2.75, 3.05) is 38.7 Å². The van der Waals surface area contributed by atoms with Gasteiger partial charge in [-0.1, -0.05) is 0 Å². The predicted molar refractivity (Wildman–Crippen MR) is 101 cm³/mol. The standard InChI is InChI=1S/C18H19F3N2O4S2/c19-18(20,21)14-1-6-17(22-13-14)28-12-11-27-15-2-4-16(5-3-15)29(24,25)23-7-9-26-10-8-23/h1-6,13H,7-12H2. The fraction of sp³-hybridized carbons (Fsp3) is 0.389. The maximum absolute atomic E-state index is 12.6. The molecule has 3 rings (SSSR count). The fourth-order valence-corrected chi connectivity index (χ4v) is 4.66. The molecule has 0 atom stereocenters. The number of aromatic nitrogens is 1. The van der Waals surface area contributed by atoms with Crippen molar-refractivity contribution in [2.45, 2.75) is 16.1 Å². The van der Waals surface area contributed by atoms with E-state index in [2.05, 4.69) is 4.98 Å². The zero-order valence-electron chi connectivity index (χ0n) is 15.3. The van der Waals surface area contributed by atoms with E-state index in [1.807, 2.05) is 0 Å². The van der Waals surface area contributed by atoms with Gasteiger partial charge < -0.3 is 9.47 Å². The molecular formula is C18H19F3N2O4S2. The van der Waals surface area contributed by atoms with E-state index in [9.17, 15) is 21.6 Å². The van der Waals surface area contributed by atoms with E-state index < -0.39 is 21.8 Å². The lowest BCUT2D eigenvalue weighted by Crippen LogP contribution is -2.40. The fourth-order valence-electron chi connectivity index (χ4n) is 2.58. The first-order valence-corrected chi connectivity index (χ1v) is 11.2. The Kier molecular flexibility index (Phi) is 7.04. The summed E-state index contributed by atoms with van der Waals surface area (Å²) in [4.78, 5) is 3.97. The second kappa shape index (κ2) is 9.33. The summed E-state index contributed by atoms with van der Waals surface area (Å²) in [6, 6.07) is 8.45. The highest BCUT2D eigenvalue weighted by Crippen LogP contribution is 2.29. The molecule has 29 heavy (non-hydrogen) atoms. The van der Waals surface area contributed by atoms with Crippen LogP contribution in [-0.4, -0.2) is 56.4 Å². The van der Waals surface area contributed by atoms with E-state index in [1.54, 1.807) is 12.1 Å². The van der Waals surface area contributed by atoms with Gasteiger partial charge in [0.15, 0.2) is 0 Å². The Morgan fingerprint density at radius 3 is 2.38 bits per heavy atom. The molecule has 1 aliphatic heterocycles. The summed E-state index contributed by atoms with van der Waals surface area (Å²) in [7, 11) is -3.55. The van der Waals surface area contributed by atoms with Gasteiger partial charge in [0.05, 0.1) is 35.3 Å². The average Bonchev–Trinajstić information content (AvgIpc) is 2.72. The number of morpholine rings is 1. The van der Waals surface area contributed by atoms with Crippen molar-refractivity contribution in [1.82, 2.24) is 9.29 Å². The molecule has 2 aromatic rings. The lowest BCUT2D eigenvalue weighted by atomic mass is 10.3. The van der Waals surface area contributed by atoms with Gasteiger partial charge in [-0.2, -0.15) is 17.5 Å². The van der Waals surface area contributed by atoms with Crippen LogP contribution >= 0.6 is 11.8 Å². The maximum atomic E-state index is 12.6. The van der Waals surface area contributed by atoms with E-state index in [-0.39, 0.29) is 4.90 Å². The molecule has 0 amide bonds. The molecule has 0 N–H and O–H groups in total. The minimum absolute atomic E-state index is 0.190. The zero-order valence-corrected chi connectivity index (χ0v) is 16.9. The van der Waals surface area contributed by atoms with Crippen LogP contribution in [0.3, 0.4) is 0 Å². The van der Waals surface area contributed by atoms with Crippen molar-refractivity contribution < 1.29 is 31.1 Å². The number of alkyl halides is 3. The third-order valence-electron chi connectivity index (χ3n) is 4.10. The van der Waals surface area contributed by atoms with Gasteiger partial charge in [0.2, 0.25) is 10.0 Å². The van der Waals surface area contributed by atoms with Crippen LogP contribution in [0.2, 0.25) is 0 Å². The smallest absolute Gasteiger partial charge is 0.417 e. The monoisotopic (exact) mass is 448 g/mol. The molecule has 0 saturated carbocycles. The van der Waals surface area contributed by atoms with Gasteiger partial charge in [0, 0.05) is 25.0 Å². The molecule has 0 aliphatic carbocycles. The third kappa shape index (κ3) is 5.84. The SMILES string of the molecule is O=S(=O)(c1ccc(OCCSc2ccc(C(F)(F)F)cn2)cc1)N1CCOCC1. The summed E-state index contributed by atoms with van der Waals surface area (Å²) in [5.74, 6) is 0.985. The summed E-state index contributed by atoms with van der Waals surface area (Å²) in [5, 5.41) is 0.466. The largest absolute Gasteiger partial charge is 0.493 e. The lowest BCUT2D eigenvalue weighted by molar-refractivity contribution is -0.137. The van der Waals surface area contributed by atoms with Crippen LogP contribution in [0.4, 0.5) is 13.2 Å². The number of thioether (sulfide) groups is 1. The number of benzene rings is 1. The first-order valence-electron chi connectivity index (χ1n) is 8.73. The molecule has 11 heteroatoms. The average molecular weight is 448 g/mol. The van der Waals surface area contributed by atoms with Crippen LogP contribution in [0.5, 0.6) is 5.75 Å². The van der Waals surface area contributed by atoms with Crippen molar-refractivity contribution in [1.29, 1.82) is 0 Å². The van der Waals surface area contributed by atoms with E-state index in [0.717, 1.165) is 12.3 Å². The highest BCUT2D eigenvalue weighted by Gasteiger charge is 2.30. The predicted octanol–water partition coefficient (Wildman–Crippen LogP) is 3.29. The van der Waals surface area contributed by atoms with E-state index in [4.69, 9.17) is 9.47 Å². The summed E-state index contributed by atoms with van der Waals surface area (Å²) >= 11 is 1.27. The van der Waals surface area contributed by atoms with Gasteiger partial charge in [-0.25, -0.2) is 13.4 Å². The minimum Gasteiger partial charge on any atom is -0.493 e. The molecule has 1 aromatic heterocycles.